The molecule has 6 N–H and O–H groups in total. The second-order valence-electron chi connectivity index (χ2n) is 4.95. The quantitative estimate of drug-likeness (QED) is 0.220. The van der Waals surface area contributed by atoms with Crippen LogP contribution in [0.2, 0.25) is 1.41 Å². The molecule has 0 radical (unpaired) electrons. The molecule has 0 fully saturated rings. The van der Waals surface area contributed by atoms with Crippen LogP contribution in [0.25, 0.3) is 0 Å². The monoisotopic (exact) mass is 294 g/mol. The van der Waals surface area contributed by atoms with Crippen molar-refractivity contribution >= 4 is 12.3 Å². The van der Waals surface area contributed by atoms with Crippen molar-refractivity contribution in [2.75, 3.05) is 6.61 Å². The molecule has 0 aromatic rings. The summed E-state index contributed by atoms with van der Waals surface area (Å²) in [6.07, 6.45) is -6.75. The molecular weight excluding hydrogens is 270 g/mol. The minimum absolute atomic E-state index is 0.0850. The zero-order chi connectivity index (χ0) is 16.6. The van der Waals surface area contributed by atoms with Crippen molar-refractivity contribution in [2.24, 2.45) is 11.6 Å². The number of esters is 1. The Balaban J connectivity index is 4.74. The van der Waals surface area contributed by atoms with Gasteiger partial charge >= 0.3 is 5.97 Å². The molecule has 0 aromatic heterocycles. The molecule has 0 rings (SSSR count). The van der Waals surface area contributed by atoms with E-state index < -0.39 is 43.0 Å². The lowest BCUT2D eigenvalue weighted by atomic mass is 10.0. The second-order valence-corrected chi connectivity index (χ2v) is 4.95. The number of hydrogen-bond donors (Lipinski definition) is 5. The Morgan fingerprint density at radius 3 is 2.35 bits per heavy atom. The zero-order valence-corrected chi connectivity index (χ0v) is 11.5. The first-order valence-electron chi connectivity index (χ1n) is 6.76. The predicted molar refractivity (Wildman–Crippen MR) is 68.5 cm³/mol. The number of aliphatic hydroxyl groups excluding tert-OH is 4. The number of rotatable bonds is 10. The fourth-order valence-corrected chi connectivity index (χ4v) is 1.49. The molecule has 5 atom stereocenters. The molecule has 0 aliphatic heterocycles. The standard InChI is InChI=1S/C12H23NO7/c1-6(2)3-7(13)12(19)20-9(5-15)11(18)10(17)8(16)4-14/h5-11,14,16-18H,3-4,13H2,1-2H3/t7-,8+,9-,10+,11+/m0/s1/i/hD. The third-order valence-electron chi connectivity index (χ3n) is 2.65. The van der Waals surface area contributed by atoms with E-state index in [-0.39, 0.29) is 18.6 Å². The van der Waals surface area contributed by atoms with Crippen LogP contribution in [0.1, 0.15) is 20.3 Å². The van der Waals surface area contributed by atoms with E-state index in [1.165, 1.54) is 0 Å². The summed E-state index contributed by atoms with van der Waals surface area (Å²) in [6.45, 7) is 2.82. The lowest BCUT2D eigenvalue weighted by Gasteiger charge is -2.26. The Hall–Kier alpha value is -1.06. The molecule has 20 heavy (non-hydrogen) atoms. The van der Waals surface area contributed by atoms with Crippen molar-refractivity contribution in [1.82, 2.24) is 0 Å². The molecule has 0 aliphatic rings. The van der Waals surface area contributed by atoms with Crippen LogP contribution in [-0.4, -0.2) is 69.7 Å². The largest absolute Gasteiger partial charge is 0.451 e. The van der Waals surface area contributed by atoms with Gasteiger partial charge in [0.15, 0.2) is 12.4 Å². The van der Waals surface area contributed by atoms with E-state index in [9.17, 15) is 24.9 Å². The van der Waals surface area contributed by atoms with Gasteiger partial charge in [0.2, 0.25) is 0 Å². The first-order valence-corrected chi connectivity index (χ1v) is 6.26. The fraction of sp³-hybridized carbons (Fsp3) is 0.833. The summed E-state index contributed by atoms with van der Waals surface area (Å²) in [5.41, 5.74) is 1.99. The van der Waals surface area contributed by atoms with Crippen LogP contribution in [0.3, 0.4) is 0 Å². The van der Waals surface area contributed by atoms with Crippen LogP contribution in [-0.2, 0) is 14.3 Å². The molecule has 0 unspecified atom stereocenters. The highest BCUT2D eigenvalue weighted by molar-refractivity contribution is 5.77. The van der Waals surface area contributed by atoms with Crippen molar-refractivity contribution in [1.29, 1.82) is 0 Å². The average Bonchev–Trinajstić information content (AvgIpc) is 2.47. The summed E-state index contributed by atoms with van der Waals surface area (Å²) in [5, 5.41) is 37.0. The number of carbonyl (C=O) groups is 2. The van der Waals surface area contributed by atoms with Crippen molar-refractivity contribution in [2.45, 2.75) is 50.7 Å². The van der Waals surface area contributed by atoms with Crippen LogP contribution in [0.5, 0.6) is 0 Å². The van der Waals surface area contributed by atoms with Gasteiger partial charge < -0.3 is 30.9 Å². The van der Waals surface area contributed by atoms with E-state index in [2.05, 4.69) is 0 Å². The minimum Gasteiger partial charge on any atom is -0.451 e. The van der Waals surface area contributed by atoms with Crippen molar-refractivity contribution in [3.63, 3.8) is 0 Å². The molecule has 0 aliphatic carbocycles. The van der Waals surface area contributed by atoms with Gasteiger partial charge in [-0.2, -0.15) is 0 Å². The van der Waals surface area contributed by atoms with Crippen molar-refractivity contribution in [3.8, 4) is 0 Å². The summed E-state index contributed by atoms with van der Waals surface area (Å²) < 4.78 is 11.8. The Bertz CT molecular complexity index is 329. The van der Waals surface area contributed by atoms with Crippen molar-refractivity contribution in [3.05, 3.63) is 0 Å². The SMILES string of the molecule is [2H]N[C@@H](CC(C)C)C(=O)O[C@@H](C=O)[C@@H](O)[C@H](O)[C@H](O)CO. The number of carbonyl (C=O) groups excluding carboxylic acids is 2. The number of hydrogen-bond acceptors (Lipinski definition) is 8. The Morgan fingerprint density at radius 2 is 1.95 bits per heavy atom. The fourth-order valence-electron chi connectivity index (χ4n) is 1.49. The number of ether oxygens (including phenoxy) is 1. The highest BCUT2D eigenvalue weighted by atomic mass is 16.6. The van der Waals surface area contributed by atoms with E-state index >= 15 is 0 Å². The Kier molecular flexibility index (Phi) is 7.63. The third-order valence-corrected chi connectivity index (χ3v) is 2.65. The van der Waals surface area contributed by atoms with Crippen LogP contribution < -0.4 is 5.73 Å². The van der Waals surface area contributed by atoms with Gasteiger partial charge in [0.05, 0.1) is 6.61 Å². The summed E-state index contributed by atoms with van der Waals surface area (Å²) in [6, 6.07) is -0.987. The lowest BCUT2D eigenvalue weighted by molar-refractivity contribution is -0.169. The Labute approximate surface area is 118 Å². The molecule has 0 aromatic carbocycles. The highest BCUT2D eigenvalue weighted by Gasteiger charge is 2.34. The van der Waals surface area contributed by atoms with Gasteiger partial charge in [0.1, 0.15) is 25.8 Å². The number of nitrogens with two attached hydrogens (primary N) is 1. The zero-order valence-electron chi connectivity index (χ0n) is 12.5. The first-order chi connectivity index (χ1) is 9.78. The van der Waals surface area contributed by atoms with E-state index in [0.29, 0.717) is 0 Å². The summed E-state index contributed by atoms with van der Waals surface area (Å²) in [4.78, 5) is 22.6. The molecule has 0 saturated carbocycles. The molecule has 8 heteroatoms. The van der Waals surface area contributed by atoms with Crippen LogP contribution in [0.15, 0.2) is 0 Å². The van der Waals surface area contributed by atoms with E-state index in [4.69, 9.17) is 11.3 Å². The van der Waals surface area contributed by atoms with E-state index in [0.717, 1.165) is 0 Å². The van der Waals surface area contributed by atoms with Crippen LogP contribution in [0.4, 0.5) is 0 Å². The summed E-state index contributed by atoms with van der Waals surface area (Å²) >= 11 is 0. The molecule has 0 heterocycles. The molecular formula is C12H23NO7. The smallest absolute Gasteiger partial charge is 0.323 e. The van der Waals surface area contributed by atoms with Gasteiger partial charge in [-0.15, -0.1) is 0 Å². The van der Waals surface area contributed by atoms with Gasteiger partial charge in [-0.1, -0.05) is 13.8 Å². The topological polar surface area (TPSA) is 150 Å². The summed E-state index contributed by atoms with van der Waals surface area (Å²) in [7, 11) is 0. The van der Waals surface area contributed by atoms with Gasteiger partial charge in [0, 0.05) is 0 Å². The molecule has 118 valence electrons. The highest BCUT2D eigenvalue weighted by Crippen LogP contribution is 2.10. The Morgan fingerprint density at radius 1 is 1.35 bits per heavy atom. The average molecular weight is 294 g/mol. The maximum Gasteiger partial charge on any atom is 0.323 e. The molecule has 0 bridgehead atoms. The van der Waals surface area contributed by atoms with Crippen molar-refractivity contribution < 1.29 is 36.2 Å². The van der Waals surface area contributed by atoms with Crippen LogP contribution in [0, 0.1) is 5.92 Å². The molecule has 8 nitrogen and oxygen atoms in total. The minimum atomic E-state index is -1.89. The van der Waals surface area contributed by atoms with Crippen LogP contribution >= 0.6 is 0 Å². The molecule has 0 saturated heterocycles. The van der Waals surface area contributed by atoms with Gasteiger partial charge in [-0.3, -0.25) is 9.59 Å². The first kappa shape index (κ1) is 17.0. The second kappa shape index (κ2) is 8.98. The maximum absolute atomic E-state index is 11.8. The van der Waals surface area contributed by atoms with E-state index in [1.807, 2.05) is 19.6 Å². The van der Waals surface area contributed by atoms with Gasteiger partial charge in [-0.05, 0) is 12.3 Å². The van der Waals surface area contributed by atoms with E-state index in [1.54, 1.807) is 0 Å². The number of aldehydes is 1. The maximum atomic E-state index is 11.8. The number of aliphatic hydroxyl groups is 4. The molecule has 0 amide bonds. The lowest BCUT2D eigenvalue weighted by Crippen LogP contribution is -2.49. The normalized spacial score (nSPS) is 19.6. The van der Waals surface area contributed by atoms with Gasteiger partial charge in [-0.25, -0.2) is 0 Å². The third kappa shape index (κ3) is 5.93. The van der Waals surface area contributed by atoms with Gasteiger partial charge in [0.25, 0.3) is 0 Å². The molecule has 0 spiro atoms. The summed E-state index contributed by atoms with van der Waals surface area (Å²) in [5.74, 6) is -0.845. The predicted octanol–water partition coefficient (Wildman–Crippen LogP) is -2.45.